The van der Waals surface area contributed by atoms with Gasteiger partial charge in [0.15, 0.2) is 11.6 Å². The number of fused-ring (bicyclic) bond motifs is 1. The Labute approximate surface area is 252 Å². The number of aromatic nitrogens is 2. The Morgan fingerprint density at radius 2 is 1.95 bits per heavy atom. The molecule has 9 nitrogen and oxygen atoms in total. The van der Waals surface area contributed by atoms with E-state index in [-0.39, 0.29) is 34.5 Å². The minimum atomic E-state index is -0.673. The van der Waals surface area contributed by atoms with Crippen LogP contribution in [0.25, 0.3) is 10.9 Å². The van der Waals surface area contributed by atoms with Crippen molar-refractivity contribution in [2.45, 2.75) is 26.4 Å². The number of piperidine rings is 1. The Morgan fingerprint density at radius 3 is 2.69 bits per heavy atom. The van der Waals surface area contributed by atoms with Crippen molar-refractivity contribution in [3.8, 4) is 17.6 Å². The Hall–Kier alpha value is -4.17. The maximum Gasteiger partial charge on any atom is 0.221 e. The van der Waals surface area contributed by atoms with Gasteiger partial charge in [-0.25, -0.2) is 9.37 Å². The summed E-state index contributed by atoms with van der Waals surface area (Å²) in [5.41, 5.74) is 2.21. The van der Waals surface area contributed by atoms with Gasteiger partial charge >= 0.3 is 0 Å². The van der Waals surface area contributed by atoms with Crippen LogP contribution >= 0.6 is 23.2 Å². The molecule has 1 amide bonds. The fourth-order valence-electron chi connectivity index (χ4n) is 4.65. The summed E-state index contributed by atoms with van der Waals surface area (Å²) in [6, 6.07) is 13.1. The van der Waals surface area contributed by atoms with Gasteiger partial charge in [-0.1, -0.05) is 29.3 Å². The lowest BCUT2D eigenvalue weighted by Gasteiger charge is -2.23. The lowest BCUT2D eigenvalue weighted by molar-refractivity contribution is -0.114. The van der Waals surface area contributed by atoms with E-state index in [9.17, 15) is 10.1 Å². The van der Waals surface area contributed by atoms with E-state index in [1.165, 1.54) is 25.3 Å². The van der Waals surface area contributed by atoms with Crippen LogP contribution in [0.5, 0.6) is 11.5 Å². The topological polar surface area (TPSA) is 121 Å². The molecule has 42 heavy (non-hydrogen) atoms. The molecule has 0 bridgehead atoms. The van der Waals surface area contributed by atoms with E-state index in [0.717, 1.165) is 25.9 Å². The first-order chi connectivity index (χ1) is 20.3. The Kier molecular flexibility index (Phi) is 9.22. The van der Waals surface area contributed by atoms with Crippen molar-refractivity contribution in [1.29, 1.82) is 5.26 Å². The summed E-state index contributed by atoms with van der Waals surface area (Å²) in [5.74, 6) is -0.166. The highest BCUT2D eigenvalue weighted by Crippen LogP contribution is 2.39. The van der Waals surface area contributed by atoms with Crippen LogP contribution < -0.4 is 25.4 Å². The number of nitrogens with zero attached hydrogens (tertiary/aromatic N) is 3. The van der Waals surface area contributed by atoms with E-state index in [1.54, 1.807) is 30.3 Å². The number of hydrogen-bond acceptors (Lipinski definition) is 8. The van der Waals surface area contributed by atoms with Gasteiger partial charge < -0.3 is 25.4 Å². The first-order valence-corrected chi connectivity index (χ1v) is 14.0. The molecular formula is C30H27Cl2FN6O3. The molecule has 4 aromatic rings. The van der Waals surface area contributed by atoms with Gasteiger partial charge in [-0.05, 0) is 50.0 Å². The summed E-state index contributed by atoms with van der Waals surface area (Å²) in [6.45, 7) is 3.76. The molecule has 0 aliphatic carbocycles. The number of nitrogens with one attached hydrogen (secondary N) is 3. The van der Waals surface area contributed by atoms with Gasteiger partial charge in [0, 0.05) is 36.7 Å². The molecule has 1 saturated heterocycles. The SMILES string of the molecule is CC(=O)Nc1cc2c(Nc3cc(F)c(OCc4cccc(Cl)n4)cc3Cl)c(C#N)cnc2cc1OCC1CCNCC1. The second-order valence-corrected chi connectivity index (χ2v) is 10.6. The maximum absolute atomic E-state index is 15.1. The predicted molar refractivity (Wildman–Crippen MR) is 160 cm³/mol. The number of amides is 1. The van der Waals surface area contributed by atoms with Crippen LogP contribution in [-0.4, -0.2) is 35.6 Å². The number of hydrogen-bond donors (Lipinski definition) is 3. The number of carbonyl (C=O) groups is 1. The fourth-order valence-corrected chi connectivity index (χ4v) is 5.04. The van der Waals surface area contributed by atoms with Crippen LogP contribution in [0.3, 0.4) is 0 Å². The zero-order valence-electron chi connectivity index (χ0n) is 22.6. The van der Waals surface area contributed by atoms with Crippen molar-refractivity contribution in [1.82, 2.24) is 15.3 Å². The molecule has 5 rings (SSSR count). The summed E-state index contributed by atoms with van der Waals surface area (Å²) in [4.78, 5) is 20.6. The van der Waals surface area contributed by atoms with Gasteiger partial charge in [0.1, 0.15) is 23.6 Å². The van der Waals surface area contributed by atoms with E-state index in [1.807, 2.05) is 0 Å². The second-order valence-electron chi connectivity index (χ2n) is 9.84. The highest BCUT2D eigenvalue weighted by atomic mass is 35.5. The minimum Gasteiger partial charge on any atom is -0.491 e. The number of pyridine rings is 2. The van der Waals surface area contributed by atoms with Crippen molar-refractivity contribution in [2.24, 2.45) is 5.92 Å². The molecule has 0 unspecified atom stereocenters. The van der Waals surface area contributed by atoms with E-state index in [0.29, 0.717) is 51.4 Å². The van der Waals surface area contributed by atoms with Gasteiger partial charge in [-0.3, -0.25) is 9.78 Å². The molecule has 0 radical (unpaired) electrons. The van der Waals surface area contributed by atoms with Crippen molar-refractivity contribution < 1.29 is 18.7 Å². The molecule has 1 aliphatic rings. The average Bonchev–Trinajstić information content (AvgIpc) is 2.97. The zero-order valence-corrected chi connectivity index (χ0v) is 24.2. The number of benzene rings is 2. The molecular weight excluding hydrogens is 582 g/mol. The largest absolute Gasteiger partial charge is 0.491 e. The van der Waals surface area contributed by atoms with E-state index >= 15 is 4.39 Å². The second kappa shape index (κ2) is 13.2. The van der Waals surface area contributed by atoms with E-state index in [4.69, 9.17) is 32.7 Å². The number of carbonyl (C=O) groups excluding carboxylic acids is 1. The zero-order chi connectivity index (χ0) is 29.6. The molecule has 1 fully saturated rings. The van der Waals surface area contributed by atoms with E-state index in [2.05, 4.69) is 32.0 Å². The molecule has 216 valence electrons. The molecule has 2 aromatic heterocycles. The minimum absolute atomic E-state index is 0.0118. The number of ether oxygens (including phenoxy) is 2. The summed E-state index contributed by atoms with van der Waals surface area (Å²) >= 11 is 12.4. The number of anilines is 3. The predicted octanol–water partition coefficient (Wildman–Crippen LogP) is 6.61. The first kappa shape index (κ1) is 29.3. The van der Waals surface area contributed by atoms with Crippen LogP contribution in [0.4, 0.5) is 21.5 Å². The molecule has 12 heteroatoms. The maximum atomic E-state index is 15.1. The fraction of sp³-hybridized carbons (Fsp3) is 0.267. The molecule has 0 atom stereocenters. The lowest BCUT2D eigenvalue weighted by Crippen LogP contribution is -2.30. The summed E-state index contributed by atoms with van der Waals surface area (Å²) < 4.78 is 26.8. The van der Waals surface area contributed by atoms with Crippen LogP contribution in [0.15, 0.2) is 48.7 Å². The van der Waals surface area contributed by atoms with Crippen LogP contribution in [-0.2, 0) is 11.4 Å². The first-order valence-electron chi connectivity index (χ1n) is 13.3. The van der Waals surface area contributed by atoms with Gasteiger partial charge in [-0.2, -0.15) is 5.26 Å². The average molecular weight is 609 g/mol. The van der Waals surface area contributed by atoms with E-state index < -0.39 is 5.82 Å². The lowest BCUT2D eigenvalue weighted by atomic mass is 9.99. The molecule has 2 aromatic carbocycles. The van der Waals surface area contributed by atoms with Crippen molar-refractivity contribution in [2.75, 3.05) is 30.3 Å². The normalized spacial score (nSPS) is 13.4. The van der Waals surface area contributed by atoms with Gasteiger partial charge in [0.2, 0.25) is 5.91 Å². The Morgan fingerprint density at radius 1 is 1.14 bits per heavy atom. The van der Waals surface area contributed by atoms with Gasteiger partial charge in [0.05, 0.1) is 45.5 Å². The summed E-state index contributed by atoms with van der Waals surface area (Å²) in [5, 5.41) is 20.0. The highest BCUT2D eigenvalue weighted by Gasteiger charge is 2.19. The molecule has 1 aliphatic heterocycles. The quantitative estimate of drug-likeness (QED) is 0.182. The summed E-state index contributed by atoms with van der Waals surface area (Å²) in [6.07, 6.45) is 3.41. The van der Waals surface area contributed by atoms with Crippen molar-refractivity contribution in [3.05, 3.63) is 75.9 Å². The molecule has 0 saturated carbocycles. The molecule has 3 heterocycles. The summed E-state index contributed by atoms with van der Waals surface area (Å²) in [7, 11) is 0. The van der Waals surface area contributed by atoms with Gasteiger partial charge in [-0.15, -0.1) is 0 Å². The third kappa shape index (κ3) is 6.99. The number of nitriles is 1. The van der Waals surface area contributed by atoms with Crippen LogP contribution in [0, 0.1) is 23.1 Å². The molecule has 0 spiro atoms. The van der Waals surface area contributed by atoms with Crippen molar-refractivity contribution in [3.63, 3.8) is 0 Å². The van der Waals surface area contributed by atoms with Crippen LogP contribution in [0.1, 0.15) is 31.0 Å². The standard InChI is InChI=1S/C30H27Cl2FN6O3/c1-17(40)37-26-9-21-24(12-28(26)41-15-18-5-7-35-8-6-18)36-14-19(13-34)30(21)39-25-11-23(33)27(10-22(25)31)42-16-20-3-2-4-29(32)38-20/h2-4,9-12,14,18,35H,5-8,15-16H2,1H3,(H,36,39)(H,37,40). The number of halogens is 3. The third-order valence-electron chi connectivity index (χ3n) is 6.76. The van der Waals surface area contributed by atoms with Gasteiger partial charge in [0.25, 0.3) is 0 Å². The Bertz CT molecular complexity index is 1670. The monoisotopic (exact) mass is 608 g/mol. The number of rotatable bonds is 9. The molecule has 3 N–H and O–H groups in total. The van der Waals surface area contributed by atoms with Crippen molar-refractivity contribution >= 4 is 57.1 Å². The Balaban J connectivity index is 1.45. The highest BCUT2D eigenvalue weighted by molar-refractivity contribution is 6.33. The third-order valence-corrected chi connectivity index (χ3v) is 7.29. The van der Waals surface area contributed by atoms with Crippen LogP contribution in [0.2, 0.25) is 10.2 Å². The smallest absolute Gasteiger partial charge is 0.221 e.